The fraction of sp³-hybridized carbons (Fsp3) is 0.471. The first-order chi connectivity index (χ1) is 11.1. The topological polar surface area (TPSA) is 72.7 Å². The van der Waals surface area contributed by atoms with Crippen LogP contribution in [0.2, 0.25) is 0 Å². The van der Waals surface area contributed by atoms with Crippen LogP contribution in [-0.4, -0.2) is 41.5 Å². The highest BCUT2D eigenvalue weighted by Gasteiger charge is 2.33. The Morgan fingerprint density at radius 2 is 2.22 bits per heavy atom. The molecule has 1 heterocycles. The maximum absolute atomic E-state index is 12.5. The van der Waals surface area contributed by atoms with E-state index >= 15 is 0 Å². The molecule has 0 aromatic heterocycles. The third-order valence-electron chi connectivity index (χ3n) is 4.25. The molecule has 2 aliphatic rings. The lowest BCUT2D eigenvalue weighted by Crippen LogP contribution is -2.36. The Morgan fingerprint density at radius 3 is 2.87 bits per heavy atom. The molecule has 1 amide bonds. The number of benzene rings is 1. The van der Waals surface area contributed by atoms with E-state index in [-0.39, 0.29) is 11.6 Å². The van der Waals surface area contributed by atoms with Crippen molar-refractivity contribution in [2.75, 3.05) is 19.8 Å². The van der Waals surface area contributed by atoms with Gasteiger partial charge in [-0.3, -0.25) is 14.9 Å². The van der Waals surface area contributed by atoms with Crippen molar-refractivity contribution in [3.63, 3.8) is 0 Å². The number of ether oxygens (including phenoxy) is 1. The minimum absolute atomic E-state index is 0.0223. The second kappa shape index (κ2) is 6.91. The van der Waals surface area contributed by atoms with Gasteiger partial charge in [-0.15, -0.1) is 0 Å². The van der Waals surface area contributed by atoms with E-state index in [1.54, 1.807) is 18.2 Å². The number of hydrogen-bond donors (Lipinski definition) is 0. The van der Waals surface area contributed by atoms with Crippen molar-refractivity contribution < 1.29 is 14.5 Å². The normalized spacial score (nSPS) is 20.8. The first-order valence-electron chi connectivity index (χ1n) is 7.94. The van der Waals surface area contributed by atoms with Crippen LogP contribution in [-0.2, 0) is 9.53 Å². The molecule has 0 spiro atoms. The lowest BCUT2D eigenvalue weighted by Gasteiger charge is -2.23. The average Bonchev–Trinajstić information content (AvgIpc) is 3.26. The molecule has 0 unspecified atom stereocenters. The second-order valence-corrected chi connectivity index (χ2v) is 6.14. The summed E-state index contributed by atoms with van der Waals surface area (Å²) in [7, 11) is 0. The highest BCUT2D eigenvalue weighted by atomic mass is 16.6. The number of carbonyl (C=O) groups excluding carboxylic acids is 1. The van der Waals surface area contributed by atoms with Gasteiger partial charge in [0.1, 0.15) is 0 Å². The number of nitro groups is 1. The fourth-order valence-corrected chi connectivity index (χ4v) is 2.82. The number of hydrogen-bond acceptors (Lipinski definition) is 4. The fourth-order valence-electron chi connectivity index (χ4n) is 2.82. The first kappa shape index (κ1) is 15.7. The predicted octanol–water partition coefficient (Wildman–Crippen LogP) is 2.64. The Bertz CT molecular complexity index is 619. The Balaban J connectivity index is 1.65. The molecule has 1 saturated carbocycles. The summed E-state index contributed by atoms with van der Waals surface area (Å²) in [5.41, 5.74) is 0.689. The maximum Gasteiger partial charge on any atom is 0.270 e. The molecule has 6 heteroatoms. The first-order valence-corrected chi connectivity index (χ1v) is 7.94. The molecule has 1 aliphatic heterocycles. The summed E-state index contributed by atoms with van der Waals surface area (Å²) in [4.78, 5) is 24.7. The number of nitro benzene ring substituents is 1. The lowest BCUT2D eigenvalue weighted by molar-refractivity contribution is -0.384. The van der Waals surface area contributed by atoms with Crippen molar-refractivity contribution in [2.24, 2.45) is 5.92 Å². The zero-order chi connectivity index (χ0) is 16.2. The number of non-ortho nitro benzene ring substituents is 1. The molecule has 1 saturated heterocycles. The van der Waals surface area contributed by atoms with E-state index in [0.717, 1.165) is 39.0 Å². The van der Waals surface area contributed by atoms with Crippen LogP contribution in [0.15, 0.2) is 30.3 Å². The van der Waals surface area contributed by atoms with E-state index in [2.05, 4.69) is 0 Å². The summed E-state index contributed by atoms with van der Waals surface area (Å²) in [6.45, 7) is 2.24. The van der Waals surface area contributed by atoms with E-state index in [1.165, 1.54) is 18.2 Å². The van der Waals surface area contributed by atoms with Gasteiger partial charge in [0.25, 0.3) is 5.69 Å². The van der Waals surface area contributed by atoms with E-state index < -0.39 is 4.92 Å². The summed E-state index contributed by atoms with van der Waals surface area (Å²) in [5.74, 6) is 0.400. The van der Waals surface area contributed by atoms with Gasteiger partial charge in [-0.1, -0.05) is 12.1 Å². The number of nitrogens with zero attached hydrogens (tertiary/aromatic N) is 2. The summed E-state index contributed by atoms with van der Waals surface area (Å²) in [5, 5.41) is 10.8. The summed E-state index contributed by atoms with van der Waals surface area (Å²) in [6, 6.07) is 6.63. The number of rotatable bonds is 6. The van der Waals surface area contributed by atoms with Crippen LogP contribution in [0, 0.1) is 16.0 Å². The molecule has 3 rings (SSSR count). The van der Waals surface area contributed by atoms with Crippen LogP contribution >= 0.6 is 0 Å². The minimum atomic E-state index is -0.435. The number of amides is 1. The van der Waals surface area contributed by atoms with Crippen LogP contribution in [0.4, 0.5) is 5.69 Å². The zero-order valence-electron chi connectivity index (χ0n) is 12.9. The molecule has 1 aromatic carbocycles. The Kier molecular flexibility index (Phi) is 4.71. The second-order valence-electron chi connectivity index (χ2n) is 6.14. The Morgan fingerprint density at radius 1 is 1.39 bits per heavy atom. The summed E-state index contributed by atoms with van der Waals surface area (Å²) < 4.78 is 5.38. The maximum atomic E-state index is 12.5. The molecule has 1 atom stereocenters. The third kappa shape index (κ3) is 4.16. The molecule has 0 bridgehead atoms. The average molecular weight is 316 g/mol. The van der Waals surface area contributed by atoms with Gasteiger partial charge < -0.3 is 9.64 Å². The molecule has 23 heavy (non-hydrogen) atoms. The van der Waals surface area contributed by atoms with Crippen LogP contribution < -0.4 is 0 Å². The van der Waals surface area contributed by atoms with Gasteiger partial charge >= 0.3 is 0 Å². The molecule has 6 nitrogen and oxygen atoms in total. The van der Waals surface area contributed by atoms with Crippen molar-refractivity contribution in [3.05, 3.63) is 46.0 Å². The van der Waals surface area contributed by atoms with Gasteiger partial charge in [-0.25, -0.2) is 0 Å². The van der Waals surface area contributed by atoms with E-state index in [9.17, 15) is 14.9 Å². The quantitative estimate of drug-likeness (QED) is 0.459. The molecule has 1 aliphatic carbocycles. The van der Waals surface area contributed by atoms with Crippen molar-refractivity contribution in [2.45, 2.75) is 25.3 Å². The van der Waals surface area contributed by atoms with E-state index in [4.69, 9.17) is 4.74 Å². The van der Waals surface area contributed by atoms with E-state index in [0.29, 0.717) is 17.5 Å². The van der Waals surface area contributed by atoms with Crippen LogP contribution in [0.5, 0.6) is 0 Å². The van der Waals surface area contributed by atoms with Gasteiger partial charge in [0.2, 0.25) is 5.91 Å². The SMILES string of the molecule is O=C(/C=C\c1cccc([N+](=O)[O-])c1)N(C[C@H]1CCOC1)C1CC1. The number of carbonyl (C=O) groups is 1. The van der Waals surface area contributed by atoms with Gasteiger partial charge in [0, 0.05) is 43.3 Å². The molecule has 1 aromatic rings. The standard InChI is InChI=1S/C17H20N2O4/c20-17(7-4-13-2-1-3-16(10-13)19(21)22)18(15-5-6-15)11-14-8-9-23-12-14/h1-4,7,10,14-15H,5-6,8-9,11-12H2/b7-4-/t14-/m1/s1. The van der Waals surface area contributed by atoms with Crippen molar-refractivity contribution in [1.82, 2.24) is 4.90 Å². The van der Waals surface area contributed by atoms with Gasteiger partial charge in [0.15, 0.2) is 0 Å². The molecule has 0 N–H and O–H groups in total. The molecule has 122 valence electrons. The van der Waals surface area contributed by atoms with Crippen molar-refractivity contribution >= 4 is 17.7 Å². The van der Waals surface area contributed by atoms with E-state index in [1.807, 2.05) is 4.90 Å². The minimum Gasteiger partial charge on any atom is -0.381 e. The van der Waals surface area contributed by atoms with Gasteiger partial charge in [-0.05, 0) is 30.9 Å². The van der Waals surface area contributed by atoms with Gasteiger partial charge in [-0.2, -0.15) is 0 Å². The monoisotopic (exact) mass is 316 g/mol. The Labute approximate surface area is 134 Å². The van der Waals surface area contributed by atoms with Crippen LogP contribution in [0.25, 0.3) is 6.08 Å². The van der Waals surface area contributed by atoms with Crippen molar-refractivity contribution in [1.29, 1.82) is 0 Å². The van der Waals surface area contributed by atoms with Gasteiger partial charge in [0.05, 0.1) is 11.5 Å². The third-order valence-corrected chi connectivity index (χ3v) is 4.25. The van der Waals surface area contributed by atoms with Crippen molar-refractivity contribution in [3.8, 4) is 0 Å². The van der Waals surface area contributed by atoms with Crippen LogP contribution in [0.3, 0.4) is 0 Å². The highest BCUT2D eigenvalue weighted by Crippen LogP contribution is 2.29. The molecular weight excluding hydrogens is 296 g/mol. The lowest BCUT2D eigenvalue weighted by atomic mass is 10.1. The van der Waals surface area contributed by atoms with Crippen LogP contribution in [0.1, 0.15) is 24.8 Å². The predicted molar refractivity (Wildman–Crippen MR) is 85.8 cm³/mol. The summed E-state index contributed by atoms with van der Waals surface area (Å²) in [6.07, 6.45) is 6.29. The molecule has 0 radical (unpaired) electrons. The molecule has 2 fully saturated rings. The molecular formula is C17H20N2O4. The Hall–Kier alpha value is -2.21. The highest BCUT2D eigenvalue weighted by molar-refractivity contribution is 5.92. The zero-order valence-corrected chi connectivity index (χ0v) is 12.9. The largest absolute Gasteiger partial charge is 0.381 e. The smallest absolute Gasteiger partial charge is 0.270 e. The summed E-state index contributed by atoms with van der Waals surface area (Å²) >= 11 is 0.